The fourth-order valence-corrected chi connectivity index (χ4v) is 6.93. The monoisotopic (exact) mass is 549 g/mol. The van der Waals surface area contributed by atoms with Crippen LogP contribution in [-0.4, -0.2) is 49.0 Å². The van der Waals surface area contributed by atoms with E-state index in [0.29, 0.717) is 30.0 Å². The van der Waals surface area contributed by atoms with E-state index in [9.17, 15) is 13.2 Å². The smallest absolute Gasteiger partial charge is 0.277 e. The van der Waals surface area contributed by atoms with Gasteiger partial charge in [0.15, 0.2) is 14.9 Å². The first-order valence-electron chi connectivity index (χ1n) is 12.3. The number of anilines is 1. The van der Waals surface area contributed by atoms with E-state index in [-0.39, 0.29) is 28.1 Å². The Balaban J connectivity index is 1.35. The van der Waals surface area contributed by atoms with Crippen molar-refractivity contribution < 1.29 is 17.9 Å². The highest BCUT2D eigenvalue weighted by atomic mass is 32.2. The molecule has 1 aliphatic heterocycles. The summed E-state index contributed by atoms with van der Waals surface area (Å²) in [5.41, 5.74) is 9.65. The number of aromatic nitrogens is 3. The number of benzene rings is 2. The number of hydrogen-bond donors (Lipinski definition) is 1. The molecule has 11 heteroatoms. The zero-order valence-electron chi connectivity index (χ0n) is 21.0. The average molecular weight is 550 g/mol. The number of fused-ring (bicyclic) bond motifs is 1. The zero-order valence-corrected chi connectivity index (χ0v) is 22.6. The molecule has 1 unspecified atom stereocenters. The lowest BCUT2D eigenvalue weighted by Crippen LogP contribution is -2.39. The SMILES string of the molecule is COc1ccc(-n2nc(S(C)(=O)=O)c3c2C(=O)N(c2ccc(C4(C(N)c5nccs5)CC4)cc2)CC3)cc1. The molecular formula is C27H27N5O4S2. The number of amides is 1. The summed E-state index contributed by atoms with van der Waals surface area (Å²) in [6, 6.07) is 14.8. The molecule has 196 valence electrons. The van der Waals surface area contributed by atoms with Gasteiger partial charge in [-0.25, -0.2) is 18.1 Å². The number of ether oxygens (including phenoxy) is 1. The maximum absolute atomic E-state index is 13.9. The normalized spacial score (nSPS) is 17.2. The highest BCUT2D eigenvalue weighted by Gasteiger charge is 2.50. The number of hydrogen-bond acceptors (Lipinski definition) is 8. The van der Waals surface area contributed by atoms with E-state index >= 15 is 0 Å². The van der Waals surface area contributed by atoms with Gasteiger partial charge in [-0.3, -0.25) is 4.79 Å². The van der Waals surface area contributed by atoms with Gasteiger partial charge in [-0.05, 0) is 61.2 Å². The second kappa shape index (κ2) is 9.04. The highest BCUT2D eigenvalue weighted by Crippen LogP contribution is 2.56. The average Bonchev–Trinajstić information content (AvgIpc) is 3.34. The molecule has 0 spiro atoms. The van der Waals surface area contributed by atoms with Crippen LogP contribution in [0.15, 0.2) is 65.1 Å². The summed E-state index contributed by atoms with van der Waals surface area (Å²) < 4.78 is 31.8. The number of thiazole rings is 1. The number of nitrogens with two attached hydrogens (primary N) is 1. The molecule has 1 fully saturated rings. The Kier molecular flexibility index (Phi) is 5.89. The minimum atomic E-state index is -3.64. The summed E-state index contributed by atoms with van der Waals surface area (Å²) in [7, 11) is -2.07. The summed E-state index contributed by atoms with van der Waals surface area (Å²) in [5.74, 6) is 0.354. The fraction of sp³-hybridized carbons (Fsp3) is 0.296. The van der Waals surface area contributed by atoms with Crippen molar-refractivity contribution in [3.63, 3.8) is 0 Å². The van der Waals surface area contributed by atoms with Gasteiger partial charge in [0.1, 0.15) is 16.5 Å². The van der Waals surface area contributed by atoms with Crippen molar-refractivity contribution in [3.8, 4) is 11.4 Å². The van der Waals surface area contributed by atoms with Gasteiger partial charge in [0.25, 0.3) is 5.91 Å². The molecule has 4 aromatic rings. The predicted molar refractivity (Wildman–Crippen MR) is 145 cm³/mol. The first-order chi connectivity index (χ1) is 18.2. The third-order valence-electron chi connectivity index (χ3n) is 7.50. The molecule has 0 saturated heterocycles. The number of sulfone groups is 1. The molecule has 0 bridgehead atoms. The van der Waals surface area contributed by atoms with Gasteiger partial charge in [-0.2, -0.15) is 5.10 Å². The Bertz CT molecular complexity index is 1610. The quantitative estimate of drug-likeness (QED) is 0.373. The van der Waals surface area contributed by atoms with Crippen LogP contribution in [0.3, 0.4) is 0 Å². The number of carbonyl (C=O) groups excluding carboxylic acids is 1. The van der Waals surface area contributed by atoms with Crippen LogP contribution in [0.2, 0.25) is 0 Å². The molecule has 1 aliphatic carbocycles. The molecule has 1 amide bonds. The summed E-state index contributed by atoms with van der Waals surface area (Å²) in [4.78, 5) is 19.9. The van der Waals surface area contributed by atoms with Crippen molar-refractivity contribution in [2.24, 2.45) is 5.73 Å². The standard InChI is InChI=1S/C27H27N5O4S2/c1-36-20-9-7-19(8-10-20)32-22-21(25(30-32)38(2,34)35)11-15-31(26(22)33)18-5-3-17(4-6-18)27(12-13-27)23(28)24-29-14-16-37-24/h3-10,14,16,23H,11-13,15,28H2,1-2H3. The minimum Gasteiger partial charge on any atom is -0.497 e. The largest absolute Gasteiger partial charge is 0.497 e. The van der Waals surface area contributed by atoms with Crippen LogP contribution in [0.1, 0.15) is 45.5 Å². The van der Waals surface area contributed by atoms with Gasteiger partial charge in [-0.15, -0.1) is 11.3 Å². The Morgan fingerprint density at radius 2 is 1.76 bits per heavy atom. The third kappa shape index (κ3) is 4.01. The maximum Gasteiger partial charge on any atom is 0.277 e. The Morgan fingerprint density at radius 1 is 1.08 bits per heavy atom. The van der Waals surface area contributed by atoms with E-state index in [4.69, 9.17) is 10.5 Å². The second-order valence-corrected chi connectivity index (χ2v) is 12.6. The number of carbonyl (C=O) groups is 1. The summed E-state index contributed by atoms with van der Waals surface area (Å²) in [6.07, 6.45) is 5.26. The predicted octanol–water partition coefficient (Wildman–Crippen LogP) is 3.68. The third-order valence-corrected chi connectivity index (χ3v) is 9.39. The molecule has 0 radical (unpaired) electrons. The lowest BCUT2D eigenvalue weighted by atomic mass is 9.88. The van der Waals surface area contributed by atoms with Crippen molar-refractivity contribution in [2.45, 2.75) is 35.7 Å². The van der Waals surface area contributed by atoms with Gasteiger partial charge in [0, 0.05) is 41.0 Å². The van der Waals surface area contributed by atoms with E-state index in [1.165, 1.54) is 4.68 Å². The number of rotatable bonds is 7. The topological polar surface area (TPSA) is 120 Å². The first-order valence-corrected chi connectivity index (χ1v) is 15.0. The maximum atomic E-state index is 13.9. The van der Waals surface area contributed by atoms with Crippen LogP contribution in [0, 0.1) is 0 Å². The lowest BCUT2D eigenvalue weighted by molar-refractivity contribution is 0.0973. The molecule has 2 aliphatic rings. The summed E-state index contributed by atoms with van der Waals surface area (Å²) in [5, 5.41) is 7.20. The molecule has 6 rings (SSSR count). The van der Waals surface area contributed by atoms with Crippen molar-refractivity contribution in [1.82, 2.24) is 14.8 Å². The van der Waals surface area contributed by atoms with E-state index in [1.807, 2.05) is 29.6 Å². The molecule has 1 atom stereocenters. The van der Waals surface area contributed by atoms with Crippen LogP contribution >= 0.6 is 11.3 Å². The van der Waals surface area contributed by atoms with E-state index < -0.39 is 9.84 Å². The van der Waals surface area contributed by atoms with Gasteiger partial charge in [0.05, 0.1) is 18.8 Å². The molecule has 2 aromatic carbocycles. The molecule has 2 aromatic heterocycles. The van der Waals surface area contributed by atoms with Crippen molar-refractivity contribution >= 4 is 32.8 Å². The van der Waals surface area contributed by atoms with Gasteiger partial charge in [0.2, 0.25) is 0 Å². The summed E-state index contributed by atoms with van der Waals surface area (Å²) >= 11 is 1.57. The van der Waals surface area contributed by atoms with Crippen LogP contribution in [0.5, 0.6) is 5.75 Å². The van der Waals surface area contributed by atoms with Crippen LogP contribution in [0.25, 0.3) is 5.69 Å². The number of nitrogens with zero attached hydrogens (tertiary/aromatic N) is 4. The van der Waals surface area contributed by atoms with Crippen LogP contribution in [-0.2, 0) is 21.7 Å². The molecule has 3 heterocycles. The van der Waals surface area contributed by atoms with E-state index in [1.54, 1.807) is 53.8 Å². The summed E-state index contributed by atoms with van der Waals surface area (Å²) in [6.45, 7) is 0.353. The number of methoxy groups -OCH3 is 1. The highest BCUT2D eigenvalue weighted by molar-refractivity contribution is 7.90. The van der Waals surface area contributed by atoms with Gasteiger partial charge >= 0.3 is 0 Å². The second-order valence-electron chi connectivity index (χ2n) is 9.77. The van der Waals surface area contributed by atoms with Crippen molar-refractivity contribution in [3.05, 3.63) is 81.9 Å². The van der Waals surface area contributed by atoms with E-state index in [2.05, 4.69) is 10.1 Å². The van der Waals surface area contributed by atoms with Gasteiger partial charge in [-0.1, -0.05) is 12.1 Å². The fourth-order valence-electron chi connectivity index (χ4n) is 5.29. The lowest BCUT2D eigenvalue weighted by Gasteiger charge is -2.28. The van der Waals surface area contributed by atoms with Crippen molar-refractivity contribution in [2.75, 3.05) is 24.8 Å². The van der Waals surface area contributed by atoms with Crippen molar-refractivity contribution in [1.29, 1.82) is 0 Å². The minimum absolute atomic E-state index is 0.0569. The van der Waals surface area contributed by atoms with Gasteiger partial charge < -0.3 is 15.4 Å². The molecule has 2 N–H and O–H groups in total. The van der Waals surface area contributed by atoms with Crippen LogP contribution < -0.4 is 15.4 Å². The first kappa shape index (κ1) is 24.8. The Labute approximate surface area is 224 Å². The molecule has 38 heavy (non-hydrogen) atoms. The zero-order chi connectivity index (χ0) is 26.7. The molecule has 1 saturated carbocycles. The molecular weight excluding hydrogens is 522 g/mol. The Hall–Kier alpha value is -3.54. The van der Waals surface area contributed by atoms with Crippen LogP contribution in [0.4, 0.5) is 5.69 Å². The Morgan fingerprint density at radius 3 is 2.34 bits per heavy atom. The molecule has 9 nitrogen and oxygen atoms in total. The van der Waals surface area contributed by atoms with E-state index in [0.717, 1.165) is 35.4 Å².